The van der Waals surface area contributed by atoms with Gasteiger partial charge < -0.3 is 9.72 Å². The van der Waals surface area contributed by atoms with Crippen molar-refractivity contribution in [1.29, 1.82) is 0 Å². The summed E-state index contributed by atoms with van der Waals surface area (Å²) in [5, 5.41) is 3.84. The van der Waals surface area contributed by atoms with Crippen LogP contribution in [-0.2, 0) is 14.8 Å². The zero-order valence-corrected chi connectivity index (χ0v) is 14.2. The fourth-order valence-electron chi connectivity index (χ4n) is 2.38. The van der Waals surface area contributed by atoms with Crippen LogP contribution in [0.15, 0.2) is 52.6 Å². The number of nitrogens with one attached hydrogen (secondary N) is 2. The van der Waals surface area contributed by atoms with Crippen molar-refractivity contribution < 1.29 is 17.9 Å². The number of rotatable bonds is 5. The monoisotopic (exact) mass is 362 g/mol. The zero-order valence-electron chi connectivity index (χ0n) is 13.4. The third-order valence-corrected chi connectivity index (χ3v) is 5.59. The molecule has 1 aromatic carbocycles. The van der Waals surface area contributed by atoms with E-state index in [9.17, 15) is 13.2 Å². The largest absolute Gasteiger partial charge is 0.379 e. The van der Waals surface area contributed by atoms with Crippen LogP contribution in [0.4, 0.5) is 0 Å². The third-order valence-electron chi connectivity index (χ3n) is 3.70. The molecule has 0 bridgehead atoms. The van der Waals surface area contributed by atoms with Crippen molar-refractivity contribution >= 4 is 22.1 Å². The normalized spacial score (nSPS) is 16.2. The Bertz CT molecular complexity index is 856. The maximum absolute atomic E-state index is 12.6. The highest BCUT2D eigenvalue weighted by Crippen LogP contribution is 2.18. The van der Waals surface area contributed by atoms with E-state index in [2.05, 4.69) is 15.5 Å². The lowest BCUT2D eigenvalue weighted by Crippen LogP contribution is -2.40. The molecule has 0 aliphatic carbocycles. The fourth-order valence-corrected chi connectivity index (χ4v) is 3.84. The van der Waals surface area contributed by atoms with Crippen molar-refractivity contribution in [3.63, 3.8) is 0 Å². The highest BCUT2D eigenvalue weighted by Gasteiger charge is 2.26. The molecule has 0 unspecified atom stereocenters. The molecular weight excluding hydrogens is 344 g/mol. The molecule has 1 fully saturated rings. The van der Waals surface area contributed by atoms with E-state index in [0.29, 0.717) is 26.3 Å². The van der Waals surface area contributed by atoms with Gasteiger partial charge in [-0.25, -0.2) is 13.8 Å². The number of nitrogens with zero attached hydrogens (tertiary/aromatic N) is 2. The van der Waals surface area contributed by atoms with Gasteiger partial charge in [-0.1, -0.05) is 6.07 Å². The average Bonchev–Trinajstić information content (AvgIpc) is 3.16. The molecule has 1 aromatic heterocycles. The Morgan fingerprint density at radius 1 is 1.24 bits per heavy atom. The summed E-state index contributed by atoms with van der Waals surface area (Å²) in [6, 6.07) is 9.51. The summed E-state index contributed by atoms with van der Waals surface area (Å²) in [4.78, 5) is 15.2. The maximum Gasteiger partial charge on any atom is 0.271 e. The minimum atomic E-state index is -3.64. The van der Waals surface area contributed by atoms with E-state index >= 15 is 0 Å². The quantitative estimate of drug-likeness (QED) is 0.606. The number of hydrazone groups is 1. The lowest BCUT2D eigenvalue weighted by molar-refractivity contribution is 0.0730. The molecule has 0 spiro atoms. The smallest absolute Gasteiger partial charge is 0.271 e. The Labute approximate surface area is 145 Å². The summed E-state index contributed by atoms with van der Waals surface area (Å²) in [7, 11) is -3.64. The summed E-state index contributed by atoms with van der Waals surface area (Å²) in [5.41, 5.74) is 3.34. The van der Waals surface area contributed by atoms with E-state index in [0.717, 1.165) is 5.69 Å². The average molecular weight is 362 g/mol. The number of sulfonamides is 1. The van der Waals surface area contributed by atoms with E-state index in [4.69, 9.17) is 4.74 Å². The lowest BCUT2D eigenvalue weighted by Gasteiger charge is -2.26. The van der Waals surface area contributed by atoms with Gasteiger partial charge in [0.2, 0.25) is 10.0 Å². The summed E-state index contributed by atoms with van der Waals surface area (Å²) in [6.45, 7) is 1.35. The number of hydrogen-bond donors (Lipinski definition) is 2. The minimum Gasteiger partial charge on any atom is -0.379 e. The first-order valence-electron chi connectivity index (χ1n) is 7.72. The lowest BCUT2D eigenvalue weighted by atomic mass is 10.2. The number of amides is 1. The molecular formula is C16H18N4O4S. The van der Waals surface area contributed by atoms with Crippen LogP contribution < -0.4 is 5.43 Å². The van der Waals surface area contributed by atoms with Crippen molar-refractivity contribution in [2.45, 2.75) is 4.90 Å². The molecule has 0 saturated carbocycles. The molecule has 9 heteroatoms. The first-order valence-corrected chi connectivity index (χ1v) is 9.16. The molecule has 1 amide bonds. The standard InChI is InChI=1S/C16H18N4O4S/c21-16(19-18-12-14-4-2-6-17-14)13-3-1-5-15(11-13)25(22,23)20-7-9-24-10-8-20/h1-6,11-12,17H,7-10H2,(H,19,21)/b18-12+. The Balaban J connectivity index is 1.73. The van der Waals surface area contributed by atoms with Crippen molar-refractivity contribution in [3.05, 3.63) is 53.9 Å². The topological polar surface area (TPSA) is 104 Å². The molecule has 0 radical (unpaired) electrons. The van der Waals surface area contributed by atoms with E-state index < -0.39 is 15.9 Å². The van der Waals surface area contributed by atoms with Gasteiger partial charge in [-0.05, 0) is 30.3 Å². The Hall–Kier alpha value is -2.49. The van der Waals surface area contributed by atoms with Gasteiger partial charge in [0.05, 0.1) is 30.0 Å². The summed E-state index contributed by atoms with van der Waals surface area (Å²) < 4.78 is 31.8. The van der Waals surface area contributed by atoms with E-state index in [-0.39, 0.29) is 10.5 Å². The van der Waals surface area contributed by atoms with Crippen LogP contribution in [0, 0.1) is 0 Å². The van der Waals surface area contributed by atoms with Crippen LogP contribution in [0.25, 0.3) is 0 Å². The van der Waals surface area contributed by atoms with Crippen LogP contribution in [-0.4, -0.2) is 56.1 Å². The Morgan fingerprint density at radius 3 is 2.76 bits per heavy atom. The summed E-state index contributed by atoms with van der Waals surface area (Å²) in [5.74, 6) is -0.484. The van der Waals surface area contributed by atoms with Crippen LogP contribution in [0.1, 0.15) is 16.1 Å². The highest BCUT2D eigenvalue weighted by atomic mass is 32.2. The molecule has 0 atom stereocenters. The van der Waals surface area contributed by atoms with Crippen LogP contribution in [0.3, 0.4) is 0 Å². The predicted octanol–water partition coefficient (Wildman–Crippen LogP) is 0.799. The number of carbonyl (C=O) groups is 1. The molecule has 25 heavy (non-hydrogen) atoms. The van der Waals surface area contributed by atoms with Crippen molar-refractivity contribution in [2.24, 2.45) is 5.10 Å². The Kier molecular flexibility index (Phi) is 5.27. The van der Waals surface area contributed by atoms with Gasteiger partial charge in [-0.3, -0.25) is 4.79 Å². The van der Waals surface area contributed by atoms with Gasteiger partial charge in [-0.2, -0.15) is 9.41 Å². The number of morpholine rings is 1. The van der Waals surface area contributed by atoms with Gasteiger partial charge >= 0.3 is 0 Å². The molecule has 2 heterocycles. The summed E-state index contributed by atoms with van der Waals surface area (Å²) >= 11 is 0. The van der Waals surface area contributed by atoms with Gasteiger partial charge in [0.15, 0.2) is 0 Å². The molecule has 8 nitrogen and oxygen atoms in total. The highest BCUT2D eigenvalue weighted by molar-refractivity contribution is 7.89. The second-order valence-electron chi connectivity index (χ2n) is 5.37. The number of carbonyl (C=O) groups excluding carboxylic acids is 1. The van der Waals surface area contributed by atoms with E-state index in [1.54, 1.807) is 12.3 Å². The number of ether oxygens (including phenoxy) is 1. The number of aromatic amines is 1. The SMILES string of the molecule is O=C(N/N=C/c1ccc[nH]1)c1cccc(S(=O)(=O)N2CCOCC2)c1. The number of benzene rings is 1. The number of aromatic nitrogens is 1. The summed E-state index contributed by atoms with van der Waals surface area (Å²) in [6.07, 6.45) is 3.20. The second kappa shape index (κ2) is 7.60. The van der Waals surface area contributed by atoms with Gasteiger partial charge in [0.25, 0.3) is 5.91 Å². The van der Waals surface area contributed by atoms with Crippen LogP contribution >= 0.6 is 0 Å². The molecule has 132 valence electrons. The molecule has 2 aromatic rings. The van der Waals surface area contributed by atoms with E-state index in [1.165, 1.54) is 34.8 Å². The zero-order chi connectivity index (χ0) is 17.7. The third kappa shape index (κ3) is 4.13. The van der Waals surface area contributed by atoms with Crippen LogP contribution in [0.2, 0.25) is 0 Å². The second-order valence-corrected chi connectivity index (χ2v) is 7.31. The van der Waals surface area contributed by atoms with Gasteiger partial charge in [0.1, 0.15) is 0 Å². The maximum atomic E-state index is 12.6. The van der Waals surface area contributed by atoms with Crippen LogP contribution in [0.5, 0.6) is 0 Å². The van der Waals surface area contributed by atoms with Crippen molar-refractivity contribution in [2.75, 3.05) is 26.3 Å². The number of H-pyrrole nitrogens is 1. The molecule has 2 N–H and O–H groups in total. The van der Waals surface area contributed by atoms with Crippen molar-refractivity contribution in [3.8, 4) is 0 Å². The molecule has 3 rings (SSSR count). The first-order chi connectivity index (χ1) is 12.1. The Morgan fingerprint density at radius 2 is 2.04 bits per heavy atom. The predicted molar refractivity (Wildman–Crippen MR) is 91.9 cm³/mol. The van der Waals surface area contributed by atoms with Crippen molar-refractivity contribution in [1.82, 2.24) is 14.7 Å². The van der Waals surface area contributed by atoms with Gasteiger partial charge in [0, 0.05) is 24.8 Å². The molecule has 1 aliphatic rings. The van der Waals surface area contributed by atoms with E-state index in [1.807, 2.05) is 6.07 Å². The molecule has 1 saturated heterocycles. The number of hydrogen-bond acceptors (Lipinski definition) is 5. The fraction of sp³-hybridized carbons (Fsp3) is 0.250. The van der Waals surface area contributed by atoms with Gasteiger partial charge in [-0.15, -0.1) is 0 Å². The molecule has 1 aliphatic heterocycles. The first kappa shape index (κ1) is 17.3. The minimum absolute atomic E-state index is 0.0791.